The maximum absolute atomic E-state index is 14.8. The summed E-state index contributed by atoms with van der Waals surface area (Å²) < 4.78 is 69.8. The number of amides is 2. The Morgan fingerprint density at radius 2 is 1.81 bits per heavy atom. The molecule has 2 atom stereocenters. The van der Waals surface area contributed by atoms with E-state index in [-0.39, 0.29) is 40.8 Å². The van der Waals surface area contributed by atoms with Gasteiger partial charge in [-0.2, -0.15) is 13.2 Å². The summed E-state index contributed by atoms with van der Waals surface area (Å²) in [5.41, 5.74) is 1.07. The number of carbonyl (C=O) groups excluding carboxylic acids is 2. The van der Waals surface area contributed by atoms with Crippen LogP contribution in [-0.4, -0.2) is 52.3 Å². The van der Waals surface area contributed by atoms with Crippen LogP contribution in [0, 0.1) is 12.7 Å². The van der Waals surface area contributed by atoms with Gasteiger partial charge in [0, 0.05) is 27.9 Å². The molecule has 0 spiro atoms. The van der Waals surface area contributed by atoms with E-state index in [0.29, 0.717) is 22.7 Å². The molecule has 3 heterocycles. The van der Waals surface area contributed by atoms with E-state index in [2.05, 4.69) is 15.3 Å². The highest BCUT2D eigenvalue weighted by atomic mass is 19.4. The molecule has 1 aliphatic carbocycles. The summed E-state index contributed by atoms with van der Waals surface area (Å²) in [6.45, 7) is 1.56. The molecule has 4 aromatic rings. The molecule has 1 unspecified atom stereocenters. The van der Waals surface area contributed by atoms with Crippen molar-refractivity contribution >= 4 is 11.8 Å². The second-order valence-corrected chi connectivity index (χ2v) is 12.0. The van der Waals surface area contributed by atoms with Crippen LogP contribution < -0.4 is 20.5 Å². The first-order chi connectivity index (χ1) is 22.2. The van der Waals surface area contributed by atoms with Gasteiger partial charge in [0.1, 0.15) is 35.0 Å². The van der Waals surface area contributed by atoms with Gasteiger partial charge in [-0.15, -0.1) is 0 Å². The summed E-state index contributed by atoms with van der Waals surface area (Å²) in [5.74, 6) is -1.95. The fourth-order valence-electron chi connectivity index (χ4n) is 5.28. The van der Waals surface area contributed by atoms with Crippen molar-refractivity contribution in [3.8, 4) is 34.0 Å². The van der Waals surface area contributed by atoms with Gasteiger partial charge in [-0.1, -0.05) is 6.07 Å². The van der Waals surface area contributed by atoms with E-state index < -0.39 is 47.1 Å². The fourth-order valence-corrected chi connectivity index (χ4v) is 5.28. The van der Waals surface area contributed by atoms with Crippen molar-refractivity contribution in [2.45, 2.75) is 50.0 Å². The van der Waals surface area contributed by atoms with Crippen LogP contribution in [0.3, 0.4) is 0 Å². The number of nitrogens with two attached hydrogens (primary N) is 1. The molecule has 1 saturated carbocycles. The average molecular weight is 651 g/mol. The normalized spacial score (nSPS) is 18.5. The number of hydrogen-bond donors (Lipinski definition) is 3. The Kier molecular flexibility index (Phi) is 7.91. The Balaban J connectivity index is 1.38. The fraction of sp³-hybridized carbons (Fsp3) is 0.294. The minimum Gasteiger partial charge on any atom is -0.490 e. The molecule has 0 radical (unpaired) electrons. The van der Waals surface area contributed by atoms with Crippen LogP contribution in [-0.2, 0) is 15.8 Å². The second kappa shape index (κ2) is 11.6. The van der Waals surface area contributed by atoms with E-state index in [9.17, 15) is 32.3 Å². The summed E-state index contributed by atoms with van der Waals surface area (Å²) in [6, 6.07) is 15.4. The highest BCUT2D eigenvalue weighted by molar-refractivity contribution is 5.96. The van der Waals surface area contributed by atoms with E-state index >= 15 is 0 Å². The predicted octanol–water partition coefficient (Wildman–Crippen LogP) is 5.11. The van der Waals surface area contributed by atoms with E-state index in [1.807, 2.05) is 0 Å². The van der Waals surface area contributed by atoms with Crippen molar-refractivity contribution in [1.82, 2.24) is 15.3 Å². The average Bonchev–Trinajstić information content (AvgIpc) is 3.79. The first kappa shape index (κ1) is 31.9. The lowest BCUT2D eigenvalue weighted by Crippen LogP contribution is -2.51. The van der Waals surface area contributed by atoms with Crippen LogP contribution >= 0.6 is 0 Å². The Bertz CT molecular complexity index is 1880. The third kappa shape index (κ3) is 5.98. The molecular weight excluding hydrogens is 620 g/mol. The third-order valence-corrected chi connectivity index (χ3v) is 8.36. The minimum absolute atomic E-state index is 0.000375. The molecular formula is C34H30F4N4O5. The van der Waals surface area contributed by atoms with Crippen molar-refractivity contribution in [3.05, 3.63) is 95.1 Å². The predicted molar refractivity (Wildman–Crippen MR) is 162 cm³/mol. The van der Waals surface area contributed by atoms with Crippen LogP contribution in [0.1, 0.15) is 47.1 Å². The van der Waals surface area contributed by atoms with Gasteiger partial charge in [0.25, 0.3) is 5.91 Å². The zero-order valence-electron chi connectivity index (χ0n) is 25.3. The Morgan fingerprint density at radius 1 is 1.09 bits per heavy atom. The van der Waals surface area contributed by atoms with Gasteiger partial charge < -0.3 is 25.6 Å². The lowest BCUT2D eigenvalue weighted by Gasteiger charge is -2.31. The number of aliphatic hydroxyl groups is 1. The van der Waals surface area contributed by atoms with Crippen molar-refractivity contribution < 1.29 is 41.7 Å². The van der Waals surface area contributed by atoms with Gasteiger partial charge in [-0.25, -0.2) is 9.37 Å². The summed E-state index contributed by atoms with van der Waals surface area (Å²) >= 11 is 0. The number of alkyl halides is 3. The van der Waals surface area contributed by atoms with Gasteiger partial charge >= 0.3 is 6.18 Å². The topological polar surface area (TPSA) is 137 Å². The largest absolute Gasteiger partial charge is 0.490 e. The van der Waals surface area contributed by atoms with Gasteiger partial charge in [0.2, 0.25) is 11.5 Å². The first-order valence-corrected chi connectivity index (χ1v) is 14.8. The maximum Gasteiger partial charge on any atom is 0.424 e. The number of aromatic nitrogens is 2. The molecule has 2 aliphatic rings. The number of fused-ring (bicyclic) bond motifs is 1. The van der Waals surface area contributed by atoms with E-state index in [4.69, 9.17) is 15.2 Å². The van der Waals surface area contributed by atoms with Gasteiger partial charge in [-0.3, -0.25) is 14.6 Å². The van der Waals surface area contributed by atoms with Crippen molar-refractivity contribution in [2.75, 3.05) is 13.2 Å². The van der Waals surface area contributed by atoms with Gasteiger partial charge in [-0.05, 0) is 87.4 Å². The number of nitrogens with one attached hydrogen (secondary N) is 1. The Hall–Kier alpha value is -5.04. The maximum atomic E-state index is 14.8. The van der Waals surface area contributed by atoms with Crippen LogP contribution in [0.4, 0.5) is 17.6 Å². The zero-order valence-corrected chi connectivity index (χ0v) is 25.3. The number of ether oxygens (including phenoxy) is 2. The molecule has 13 heteroatoms. The van der Waals surface area contributed by atoms with Crippen LogP contribution in [0.15, 0.2) is 66.7 Å². The van der Waals surface area contributed by atoms with Gasteiger partial charge in [0.05, 0.1) is 24.0 Å². The van der Waals surface area contributed by atoms with Crippen molar-refractivity contribution in [1.29, 1.82) is 0 Å². The van der Waals surface area contributed by atoms with Gasteiger partial charge in [0.15, 0.2) is 0 Å². The minimum atomic E-state index is -5.36. The third-order valence-electron chi connectivity index (χ3n) is 8.36. The lowest BCUT2D eigenvalue weighted by molar-refractivity contribution is -0.265. The molecule has 0 bridgehead atoms. The molecule has 1 fully saturated rings. The lowest BCUT2D eigenvalue weighted by atomic mass is 9.81. The molecule has 244 valence electrons. The summed E-state index contributed by atoms with van der Waals surface area (Å²) in [4.78, 5) is 34.4. The standard InChI is InChI=1S/C34H30F4N4O5/c1-18-4-3-5-25(41-18)23-14-20(8-13-26(23)47-22-11-12-22)30(43)40-16-33(45,34(36,37)38)27-15-24-29(46-17-32(24,2)31(39)44)28(42-27)19-6-9-21(35)10-7-19/h3-10,13-15,22,45H,11-12,16-17H2,1-2H3,(H2,39,44)(H,40,43)/t32-,33?/m0/s1. The summed E-state index contributed by atoms with van der Waals surface area (Å²) in [6.07, 6.45) is -3.57. The highest BCUT2D eigenvalue weighted by Gasteiger charge is 2.57. The highest BCUT2D eigenvalue weighted by Crippen LogP contribution is 2.47. The Labute approximate surface area is 266 Å². The van der Waals surface area contributed by atoms with Crippen LogP contribution in [0.5, 0.6) is 11.5 Å². The molecule has 47 heavy (non-hydrogen) atoms. The number of aryl methyl sites for hydroxylation is 1. The number of nitrogens with zero attached hydrogens (tertiary/aromatic N) is 2. The quantitative estimate of drug-likeness (QED) is 0.214. The Morgan fingerprint density at radius 3 is 2.45 bits per heavy atom. The number of carbonyl (C=O) groups is 2. The SMILES string of the molecule is Cc1cccc(-c2cc(C(=O)NCC(O)(c3cc4c(c(-c5ccc(F)cc5)n3)OC[C@]4(C)C(N)=O)C(F)(F)F)ccc2OC2CC2)n1. The van der Waals surface area contributed by atoms with Crippen LogP contribution in [0.2, 0.25) is 0 Å². The molecule has 9 nitrogen and oxygen atoms in total. The number of pyridine rings is 2. The number of rotatable bonds is 9. The second-order valence-electron chi connectivity index (χ2n) is 12.0. The molecule has 0 saturated heterocycles. The summed E-state index contributed by atoms with van der Waals surface area (Å²) in [5, 5.41) is 13.5. The monoisotopic (exact) mass is 650 g/mol. The molecule has 2 aromatic heterocycles. The van der Waals surface area contributed by atoms with E-state index in [1.54, 1.807) is 31.2 Å². The van der Waals surface area contributed by atoms with E-state index in [1.165, 1.54) is 31.2 Å². The first-order valence-electron chi connectivity index (χ1n) is 14.8. The number of hydrogen-bond acceptors (Lipinski definition) is 7. The van der Waals surface area contributed by atoms with E-state index in [0.717, 1.165) is 31.0 Å². The number of halogens is 4. The van der Waals surface area contributed by atoms with Crippen LogP contribution in [0.25, 0.3) is 22.5 Å². The smallest absolute Gasteiger partial charge is 0.424 e. The van der Waals surface area contributed by atoms with Crippen molar-refractivity contribution in [3.63, 3.8) is 0 Å². The molecule has 2 aromatic carbocycles. The summed E-state index contributed by atoms with van der Waals surface area (Å²) in [7, 11) is 0. The number of primary amides is 1. The molecule has 4 N–H and O–H groups in total. The molecule has 2 amide bonds. The van der Waals surface area contributed by atoms with Crippen molar-refractivity contribution in [2.24, 2.45) is 5.73 Å². The molecule has 6 rings (SSSR count). The molecule has 1 aliphatic heterocycles. The zero-order chi connectivity index (χ0) is 33.7. The number of benzene rings is 2.